The van der Waals surface area contributed by atoms with Crippen LogP contribution in [-0.4, -0.2) is 56.0 Å². The molecule has 3 aromatic carbocycles. The van der Waals surface area contributed by atoms with Crippen molar-refractivity contribution < 1.29 is 33.8 Å². The summed E-state index contributed by atoms with van der Waals surface area (Å²) < 4.78 is 17.2. The number of quaternary nitrogens is 1. The number of ether oxygens (including phenoxy) is 3. The highest BCUT2D eigenvalue weighted by molar-refractivity contribution is 6.46. The zero-order valence-corrected chi connectivity index (χ0v) is 23.6. The summed E-state index contributed by atoms with van der Waals surface area (Å²) in [6.07, 6.45) is 0.719. The van der Waals surface area contributed by atoms with E-state index < -0.39 is 23.5 Å². The van der Waals surface area contributed by atoms with Gasteiger partial charge in [0.1, 0.15) is 25.6 Å². The van der Waals surface area contributed by atoms with Crippen molar-refractivity contribution >= 4 is 17.4 Å². The highest BCUT2D eigenvalue weighted by Gasteiger charge is 2.44. The summed E-state index contributed by atoms with van der Waals surface area (Å²) in [7, 11) is 0. The molecule has 2 aliphatic rings. The number of carbonyl (C=O) groups is 2. The number of benzene rings is 3. The van der Waals surface area contributed by atoms with E-state index in [9.17, 15) is 14.7 Å². The van der Waals surface area contributed by atoms with E-state index in [-0.39, 0.29) is 11.1 Å². The lowest BCUT2D eigenvalue weighted by atomic mass is 9.95. The number of Topliss-reactive ketones (excluding diaryl/α,β-unsaturated/α-hetero) is 1. The zero-order valence-electron chi connectivity index (χ0n) is 23.6. The maximum Gasteiger partial charge on any atom is 0.295 e. The SMILES string of the molecule is CC[NH+](CC)CCCN1C(=O)C(=O)C(=C([O-])c2ccc3c(c2)OCCO3)C1c1ccc(OCc2ccccc2)cc1. The first-order chi connectivity index (χ1) is 20.0. The van der Waals surface area contributed by atoms with E-state index in [1.165, 1.54) is 4.90 Å². The van der Waals surface area contributed by atoms with Crippen LogP contribution in [0.4, 0.5) is 0 Å². The van der Waals surface area contributed by atoms with Gasteiger partial charge in [-0.05, 0) is 54.8 Å². The van der Waals surface area contributed by atoms with E-state index in [1.54, 1.807) is 23.1 Å². The number of rotatable bonds is 11. The van der Waals surface area contributed by atoms with Crippen LogP contribution in [0.15, 0.2) is 78.4 Å². The standard InChI is InChI=1S/C33H36N2O6/c1-3-34(4-2)17-8-18-35-30(24-11-14-26(15-12-24)41-22-23-9-6-5-7-10-23)29(32(37)33(35)38)31(36)25-13-16-27-28(21-25)40-20-19-39-27/h5-7,9-16,21,30,36H,3-4,8,17-20,22H2,1-2H3. The van der Waals surface area contributed by atoms with E-state index in [2.05, 4.69) is 13.8 Å². The van der Waals surface area contributed by atoms with Gasteiger partial charge >= 0.3 is 0 Å². The van der Waals surface area contributed by atoms with E-state index in [4.69, 9.17) is 14.2 Å². The van der Waals surface area contributed by atoms with Gasteiger partial charge in [0.15, 0.2) is 11.5 Å². The topological polar surface area (TPSA) is 92.6 Å². The van der Waals surface area contributed by atoms with Crippen LogP contribution < -0.4 is 24.2 Å². The van der Waals surface area contributed by atoms with Crippen molar-refractivity contribution in [1.29, 1.82) is 0 Å². The highest BCUT2D eigenvalue weighted by atomic mass is 16.6. The number of nitrogens with zero attached hydrogens (tertiary/aromatic N) is 1. The fourth-order valence-corrected chi connectivity index (χ4v) is 5.38. The van der Waals surface area contributed by atoms with Gasteiger partial charge in [0, 0.05) is 18.5 Å². The third-order valence-corrected chi connectivity index (χ3v) is 7.71. The molecule has 41 heavy (non-hydrogen) atoms. The molecule has 1 atom stereocenters. The molecule has 0 saturated carbocycles. The summed E-state index contributed by atoms with van der Waals surface area (Å²) in [4.78, 5) is 29.7. The lowest BCUT2D eigenvalue weighted by molar-refractivity contribution is -0.896. The molecular formula is C33H36N2O6. The highest BCUT2D eigenvalue weighted by Crippen LogP contribution is 2.40. The Kier molecular flexibility index (Phi) is 8.89. The molecule has 2 heterocycles. The average Bonchev–Trinajstić information content (AvgIpc) is 3.27. The average molecular weight is 557 g/mol. The van der Waals surface area contributed by atoms with Gasteiger partial charge in [-0.15, -0.1) is 0 Å². The fourth-order valence-electron chi connectivity index (χ4n) is 5.38. The second kappa shape index (κ2) is 12.9. The van der Waals surface area contributed by atoms with Gasteiger partial charge in [0.25, 0.3) is 5.91 Å². The number of hydrogen-bond acceptors (Lipinski definition) is 6. The third-order valence-electron chi connectivity index (χ3n) is 7.71. The van der Waals surface area contributed by atoms with E-state index in [0.717, 1.165) is 31.6 Å². The van der Waals surface area contributed by atoms with Gasteiger partial charge in [-0.1, -0.05) is 54.3 Å². The Bertz CT molecular complexity index is 1400. The number of carbonyl (C=O) groups excluding carboxylic acids is 2. The second-order valence-corrected chi connectivity index (χ2v) is 10.2. The first kappa shape index (κ1) is 28.2. The van der Waals surface area contributed by atoms with Crippen molar-refractivity contribution in [2.45, 2.75) is 32.9 Å². The Morgan fingerprint density at radius 1 is 0.951 bits per heavy atom. The van der Waals surface area contributed by atoms with Crippen molar-refractivity contribution in [3.63, 3.8) is 0 Å². The summed E-state index contributed by atoms with van der Waals surface area (Å²) >= 11 is 0. The normalized spacial score (nSPS) is 17.7. The lowest BCUT2D eigenvalue weighted by Crippen LogP contribution is -3.11. The summed E-state index contributed by atoms with van der Waals surface area (Å²) in [5.41, 5.74) is 1.98. The number of likely N-dealkylation sites (tertiary alicyclic amines) is 1. The predicted octanol–water partition coefficient (Wildman–Crippen LogP) is 2.58. The largest absolute Gasteiger partial charge is 0.872 e. The number of amides is 1. The molecule has 1 unspecified atom stereocenters. The van der Waals surface area contributed by atoms with E-state index in [1.807, 2.05) is 54.6 Å². The maximum absolute atomic E-state index is 13.9. The molecule has 0 aliphatic carbocycles. The van der Waals surface area contributed by atoms with Crippen LogP contribution in [0.3, 0.4) is 0 Å². The lowest BCUT2D eigenvalue weighted by Gasteiger charge is -2.28. The Balaban J connectivity index is 1.46. The number of nitrogens with one attached hydrogen (secondary N) is 1. The molecule has 1 amide bonds. The molecule has 8 heteroatoms. The zero-order chi connectivity index (χ0) is 28.8. The van der Waals surface area contributed by atoms with Gasteiger partial charge in [0.2, 0.25) is 5.78 Å². The quantitative estimate of drug-likeness (QED) is 0.222. The molecule has 1 N–H and O–H groups in total. The molecule has 0 radical (unpaired) electrons. The van der Waals surface area contributed by atoms with Gasteiger partial charge in [-0.25, -0.2) is 0 Å². The van der Waals surface area contributed by atoms with Crippen LogP contribution in [0.5, 0.6) is 17.2 Å². The molecule has 5 rings (SSSR count). The minimum absolute atomic E-state index is 0.0418. The van der Waals surface area contributed by atoms with Crippen LogP contribution in [0, 0.1) is 0 Å². The molecule has 0 spiro atoms. The molecule has 2 aliphatic heterocycles. The van der Waals surface area contributed by atoms with Crippen molar-refractivity contribution in [3.8, 4) is 17.2 Å². The summed E-state index contributed by atoms with van der Waals surface area (Å²) in [6.45, 7) is 8.70. The van der Waals surface area contributed by atoms with Crippen molar-refractivity contribution in [3.05, 3.63) is 95.1 Å². The van der Waals surface area contributed by atoms with Gasteiger partial charge in [-0.3, -0.25) is 9.59 Å². The Morgan fingerprint density at radius 2 is 1.66 bits per heavy atom. The maximum atomic E-state index is 13.9. The Morgan fingerprint density at radius 3 is 2.37 bits per heavy atom. The Labute approximate surface area is 240 Å². The molecule has 1 fully saturated rings. The number of fused-ring (bicyclic) bond motifs is 1. The van der Waals surface area contributed by atoms with Crippen molar-refractivity contribution in [2.75, 3.05) is 39.4 Å². The summed E-state index contributed by atoms with van der Waals surface area (Å²) in [6, 6.07) is 21.2. The minimum Gasteiger partial charge on any atom is -0.872 e. The fraction of sp³-hybridized carbons (Fsp3) is 0.333. The smallest absolute Gasteiger partial charge is 0.295 e. The van der Waals surface area contributed by atoms with E-state index in [0.29, 0.717) is 49.2 Å². The second-order valence-electron chi connectivity index (χ2n) is 10.2. The predicted molar refractivity (Wildman–Crippen MR) is 153 cm³/mol. The molecule has 0 bridgehead atoms. The van der Waals surface area contributed by atoms with Crippen LogP contribution in [0.1, 0.15) is 43.0 Å². The first-order valence-electron chi connectivity index (χ1n) is 14.3. The molecule has 1 saturated heterocycles. The minimum atomic E-state index is -0.787. The summed E-state index contributed by atoms with van der Waals surface area (Å²) in [5.74, 6) is -0.217. The molecule has 214 valence electrons. The van der Waals surface area contributed by atoms with Crippen LogP contribution in [0.25, 0.3) is 5.76 Å². The van der Waals surface area contributed by atoms with Crippen LogP contribution in [0.2, 0.25) is 0 Å². The molecular weight excluding hydrogens is 520 g/mol. The number of hydrogen-bond donors (Lipinski definition) is 1. The molecule has 8 nitrogen and oxygen atoms in total. The van der Waals surface area contributed by atoms with Gasteiger partial charge < -0.3 is 29.1 Å². The van der Waals surface area contributed by atoms with E-state index >= 15 is 0 Å². The summed E-state index contributed by atoms with van der Waals surface area (Å²) in [5, 5.41) is 13.9. The third kappa shape index (κ3) is 6.23. The molecule has 0 aromatic heterocycles. The van der Waals surface area contributed by atoms with Crippen molar-refractivity contribution in [1.82, 2.24) is 4.90 Å². The van der Waals surface area contributed by atoms with Crippen molar-refractivity contribution in [2.24, 2.45) is 0 Å². The number of ketones is 1. The van der Waals surface area contributed by atoms with Crippen LogP contribution in [-0.2, 0) is 16.2 Å². The molecule has 3 aromatic rings. The monoisotopic (exact) mass is 556 g/mol. The van der Waals surface area contributed by atoms with Gasteiger partial charge in [-0.2, -0.15) is 0 Å². The van der Waals surface area contributed by atoms with Gasteiger partial charge in [0.05, 0.1) is 25.7 Å². The Hall–Kier alpha value is -4.30. The first-order valence-corrected chi connectivity index (χ1v) is 14.3. The van der Waals surface area contributed by atoms with Crippen LogP contribution >= 0.6 is 0 Å².